The first-order valence-corrected chi connectivity index (χ1v) is 6.96. The number of hydrogen-bond donors (Lipinski definition) is 1. The lowest BCUT2D eigenvalue weighted by Crippen LogP contribution is -2.31. The van der Waals surface area contributed by atoms with E-state index >= 15 is 0 Å². The molecular weight excluding hydrogens is 246 g/mol. The number of ether oxygens (including phenoxy) is 2. The largest absolute Gasteiger partial charge is 0.382 e. The minimum absolute atomic E-state index is 0.153. The van der Waals surface area contributed by atoms with Gasteiger partial charge in [0.1, 0.15) is 0 Å². The number of hydrogen-bond acceptors (Lipinski definition) is 6. The Labute approximate surface area is 113 Å². The van der Waals surface area contributed by atoms with Crippen molar-refractivity contribution in [2.75, 3.05) is 26.9 Å². The van der Waals surface area contributed by atoms with Gasteiger partial charge in [0, 0.05) is 19.6 Å². The van der Waals surface area contributed by atoms with Gasteiger partial charge in [0.25, 0.3) is 0 Å². The lowest BCUT2D eigenvalue weighted by molar-refractivity contribution is 0.0714. The second kappa shape index (κ2) is 7.57. The maximum absolute atomic E-state index is 6.11. The zero-order valence-corrected chi connectivity index (χ0v) is 11.5. The average Bonchev–Trinajstić information content (AvgIpc) is 2.88. The van der Waals surface area contributed by atoms with Crippen molar-refractivity contribution in [1.82, 2.24) is 10.1 Å². The molecule has 1 aliphatic carbocycles. The minimum atomic E-state index is 0.153. The highest BCUT2D eigenvalue weighted by Crippen LogP contribution is 2.30. The molecule has 0 aromatic carbocycles. The summed E-state index contributed by atoms with van der Waals surface area (Å²) in [6.45, 7) is 1.78. The number of nitrogens with zero attached hydrogens (tertiary/aromatic N) is 2. The van der Waals surface area contributed by atoms with Gasteiger partial charge in [-0.15, -0.1) is 0 Å². The fraction of sp³-hybridized carbons (Fsp3) is 0.846. The van der Waals surface area contributed by atoms with E-state index in [-0.39, 0.29) is 12.0 Å². The van der Waals surface area contributed by atoms with Gasteiger partial charge in [-0.1, -0.05) is 18.0 Å². The number of rotatable bonds is 7. The van der Waals surface area contributed by atoms with E-state index in [0.29, 0.717) is 38.0 Å². The second-order valence-corrected chi connectivity index (χ2v) is 4.96. The van der Waals surface area contributed by atoms with Crippen molar-refractivity contribution in [1.29, 1.82) is 0 Å². The van der Waals surface area contributed by atoms with Crippen molar-refractivity contribution < 1.29 is 14.0 Å². The molecule has 0 radical (unpaired) electrons. The summed E-state index contributed by atoms with van der Waals surface area (Å²) in [5.74, 6) is 1.62. The van der Waals surface area contributed by atoms with Crippen LogP contribution in [0.3, 0.4) is 0 Å². The third kappa shape index (κ3) is 4.26. The molecule has 0 aliphatic heterocycles. The van der Waals surface area contributed by atoms with Gasteiger partial charge >= 0.3 is 0 Å². The molecule has 0 amide bonds. The Balaban J connectivity index is 1.78. The fourth-order valence-electron chi connectivity index (χ4n) is 2.39. The van der Waals surface area contributed by atoms with Crippen LogP contribution in [-0.4, -0.2) is 43.1 Å². The molecule has 1 aromatic heterocycles. The summed E-state index contributed by atoms with van der Waals surface area (Å²) < 4.78 is 15.6. The average molecular weight is 269 g/mol. The lowest BCUT2D eigenvalue weighted by atomic mass is 9.85. The van der Waals surface area contributed by atoms with Crippen molar-refractivity contribution in [3.63, 3.8) is 0 Å². The predicted octanol–water partition coefficient (Wildman–Crippen LogP) is 1.26. The van der Waals surface area contributed by atoms with Gasteiger partial charge in [0.05, 0.1) is 25.7 Å². The zero-order valence-electron chi connectivity index (χ0n) is 11.5. The molecule has 108 valence electrons. The predicted molar refractivity (Wildman–Crippen MR) is 69.9 cm³/mol. The van der Waals surface area contributed by atoms with E-state index in [4.69, 9.17) is 19.7 Å². The van der Waals surface area contributed by atoms with Gasteiger partial charge < -0.3 is 19.7 Å². The highest BCUT2D eigenvalue weighted by molar-refractivity contribution is 5.00. The van der Waals surface area contributed by atoms with Crippen LogP contribution in [0.4, 0.5) is 0 Å². The molecule has 2 atom stereocenters. The van der Waals surface area contributed by atoms with Gasteiger partial charge in [0.15, 0.2) is 5.82 Å². The quantitative estimate of drug-likeness (QED) is 0.750. The minimum Gasteiger partial charge on any atom is -0.382 e. The molecule has 0 spiro atoms. The summed E-state index contributed by atoms with van der Waals surface area (Å²) in [5.41, 5.74) is 6.11. The van der Waals surface area contributed by atoms with E-state index < -0.39 is 0 Å². The first-order chi connectivity index (χ1) is 9.31. The molecule has 19 heavy (non-hydrogen) atoms. The van der Waals surface area contributed by atoms with E-state index in [1.54, 1.807) is 7.11 Å². The van der Waals surface area contributed by atoms with Gasteiger partial charge in [0.2, 0.25) is 5.89 Å². The molecule has 0 bridgehead atoms. The summed E-state index contributed by atoms with van der Waals surface area (Å²) in [4.78, 5) is 4.43. The third-order valence-electron chi connectivity index (χ3n) is 3.52. The van der Waals surface area contributed by atoms with Gasteiger partial charge in [-0.25, -0.2) is 0 Å². The van der Waals surface area contributed by atoms with Crippen molar-refractivity contribution in [3.8, 4) is 0 Å². The van der Waals surface area contributed by atoms with Crippen LogP contribution in [-0.2, 0) is 15.9 Å². The topological polar surface area (TPSA) is 83.4 Å². The van der Waals surface area contributed by atoms with E-state index in [0.717, 1.165) is 12.8 Å². The van der Waals surface area contributed by atoms with Gasteiger partial charge in [-0.2, -0.15) is 4.98 Å². The standard InChI is InChI=1S/C13H23N3O3/c1-17-8-9-18-7-6-12-15-13(19-16-12)10-4-2-3-5-11(10)14/h10-11H,2-9,14H2,1H3. The zero-order chi connectivity index (χ0) is 13.5. The van der Waals surface area contributed by atoms with Crippen LogP contribution in [0.15, 0.2) is 4.52 Å². The summed E-state index contributed by atoms with van der Waals surface area (Å²) in [5, 5.41) is 3.99. The van der Waals surface area contributed by atoms with Crippen LogP contribution in [0.25, 0.3) is 0 Å². The van der Waals surface area contributed by atoms with Crippen molar-refractivity contribution >= 4 is 0 Å². The molecule has 2 rings (SSSR count). The number of aromatic nitrogens is 2. The molecule has 1 aliphatic rings. The van der Waals surface area contributed by atoms with Crippen LogP contribution in [0.1, 0.15) is 43.3 Å². The Morgan fingerprint density at radius 1 is 1.26 bits per heavy atom. The summed E-state index contributed by atoms with van der Waals surface area (Å²) in [7, 11) is 1.65. The van der Waals surface area contributed by atoms with Crippen molar-refractivity contribution in [2.24, 2.45) is 5.73 Å². The third-order valence-corrected chi connectivity index (χ3v) is 3.52. The Hall–Kier alpha value is -0.980. The molecule has 0 saturated heterocycles. The van der Waals surface area contributed by atoms with Crippen LogP contribution in [0, 0.1) is 0 Å². The first kappa shape index (κ1) is 14.4. The molecule has 2 unspecified atom stereocenters. The van der Waals surface area contributed by atoms with Gasteiger partial charge in [-0.05, 0) is 12.8 Å². The van der Waals surface area contributed by atoms with Crippen LogP contribution < -0.4 is 5.73 Å². The number of methoxy groups -OCH3 is 1. The fourth-order valence-corrected chi connectivity index (χ4v) is 2.39. The summed E-state index contributed by atoms with van der Waals surface area (Å²) in [6.07, 6.45) is 5.15. The maximum Gasteiger partial charge on any atom is 0.231 e. The van der Waals surface area contributed by atoms with Crippen LogP contribution in [0.2, 0.25) is 0 Å². The van der Waals surface area contributed by atoms with Crippen LogP contribution in [0.5, 0.6) is 0 Å². The van der Waals surface area contributed by atoms with Crippen molar-refractivity contribution in [2.45, 2.75) is 44.1 Å². The normalized spacial score (nSPS) is 23.7. The Morgan fingerprint density at radius 2 is 2.11 bits per heavy atom. The van der Waals surface area contributed by atoms with E-state index in [1.165, 1.54) is 12.8 Å². The van der Waals surface area contributed by atoms with E-state index in [2.05, 4.69) is 10.1 Å². The molecule has 1 heterocycles. The highest BCUT2D eigenvalue weighted by atomic mass is 16.5. The molecule has 6 nitrogen and oxygen atoms in total. The van der Waals surface area contributed by atoms with Crippen molar-refractivity contribution in [3.05, 3.63) is 11.7 Å². The molecular formula is C13H23N3O3. The van der Waals surface area contributed by atoms with E-state index in [9.17, 15) is 0 Å². The van der Waals surface area contributed by atoms with Crippen LogP contribution >= 0.6 is 0 Å². The lowest BCUT2D eigenvalue weighted by Gasteiger charge is -2.25. The van der Waals surface area contributed by atoms with Gasteiger partial charge in [-0.3, -0.25) is 0 Å². The summed E-state index contributed by atoms with van der Waals surface area (Å²) in [6, 6.07) is 0.153. The molecule has 2 N–H and O–H groups in total. The highest BCUT2D eigenvalue weighted by Gasteiger charge is 2.28. The Kier molecular flexibility index (Phi) is 5.75. The first-order valence-electron chi connectivity index (χ1n) is 6.96. The SMILES string of the molecule is COCCOCCc1noc(C2CCCCC2N)n1. The maximum atomic E-state index is 6.11. The molecule has 1 fully saturated rings. The monoisotopic (exact) mass is 269 g/mol. The number of nitrogens with two attached hydrogens (primary N) is 1. The van der Waals surface area contributed by atoms with E-state index in [1.807, 2.05) is 0 Å². The molecule has 6 heteroatoms. The molecule has 1 saturated carbocycles. The molecule has 1 aromatic rings. The summed E-state index contributed by atoms with van der Waals surface area (Å²) >= 11 is 0. The second-order valence-electron chi connectivity index (χ2n) is 4.96. The smallest absolute Gasteiger partial charge is 0.231 e. The Bertz CT molecular complexity index is 370. The Morgan fingerprint density at radius 3 is 2.89 bits per heavy atom.